The molecule has 98 valence electrons. The number of hydrogen-bond donors (Lipinski definition) is 2. The molecule has 0 saturated heterocycles. The van der Waals surface area contributed by atoms with E-state index in [1.807, 2.05) is 0 Å². The van der Waals surface area contributed by atoms with E-state index in [4.69, 9.17) is 5.73 Å². The molecule has 1 amide bonds. The van der Waals surface area contributed by atoms with Gasteiger partial charge in [-0.25, -0.2) is 0 Å². The highest BCUT2D eigenvalue weighted by Gasteiger charge is 2.23. The summed E-state index contributed by atoms with van der Waals surface area (Å²) in [5.41, 5.74) is 6.71. The van der Waals surface area contributed by atoms with Gasteiger partial charge in [0.1, 0.15) is 5.82 Å². The number of nitrogens with two attached hydrogens (primary N) is 1. The van der Waals surface area contributed by atoms with E-state index in [2.05, 4.69) is 10.4 Å². The monoisotopic (exact) mass is 278 g/mol. The van der Waals surface area contributed by atoms with Crippen LogP contribution in [0.5, 0.6) is 0 Å². The number of nitrogens with one attached hydrogen (secondary N) is 1. The molecule has 0 saturated carbocycles. The number of benzene rings is 1. The van der Waals surface area contributed by atoms with Crippen molar-refractivity contribution in [1.82, 2.24) is 9.19 Å². The largest absolute Gasteiger partial charge is 0.382 e. The Kier molecular flexibility index (Phi) is 2.36. The van der Waals surface area contributed by atoms with Crippen LogP contribution in [0.4, 0.5) is 11.5 Å². The Morgan fingerprint density at radius 2 is 2.11 bits per heavy atom. The van der Waals surface area contributed by atoms with Crippen molar-refractivity contribution in [3.05, 3.63) is 36.0 Å². The summed E-state index contributed by atoms with van der Waals surface area (Å²) in [6, 6.07) is 5.87. The van der Waals surface area contributed by atoms with Crippen LogP contribution in [0.25, 0.3) is 0 Å². The second-order valence-corrected chi connectivity index (χ2v) is 5.96. The van der Waals surface area contributed by atoms with Crippen molar-refractivity contribution >= 4 is 27.4 Å². The van der Waals surface area contributed by atoms with Gasteiger partial charge in [0.25, 0.3) is 10.0 Å². The van der Waals surface area contributed by atoms with Gasteiger partial charge in [0.2, 0.25) is 5.91 Å². The van der Waals surface area contributed by atoms with Crippen molar-refractivity contribution in [2.45, 2.75) is 11.3 Å². The Hall–Kier alpha value is -2.35. The standard InChI is InChI=1S/C11H10N4O3S/c12-10-3-4-15(14-10)19(17,18)8-1-2-9-7(5-8)6-11(16)13-9/h1-5H,6H2,(H2,12,14)(H,13,16). The van der Waals surface area contributed by atoms with Crippen LogP contribution in [0.3, 0.4) is 0 Å². The minimum Gasteiger partial charge on any atom is -0.382 e. The summed E-state index contributed by atoms with van der Waals surface area (Å²) in [4.78, 5) is 11.3. The lowest BCUT2D eigenvalue weighted by Crippen LogP contribution is -2.14. The molecule has 0 unspecified atom stereocenters. The summed E-state index contributed by atoms with van der Waals surface area (Å²) in [5.74, 6) is -0.0190. The third-order valence-corrected chi connectivity index (χ3v) is 4.38. The highest BCUT2D eigenvalue weighted by Crippen LogP contribution is 2.26. The highest BCUT2D eigenvalue weighted by atomic mass is 32.2. The predicted octanol–water partition coefficient (Wildman–Crippen LogP) is 0.197. The number of hydrogen-bond acceptors (Lipinski definition) is 5. The first kappa shape index (κ1) is 11.7. The van der Waals surface area contributed by atoms with Crippen molar-refractivity contribution in [3.8, 4) is 0 Å². The van der Waals surface area contributed by atoms with E-state index in [0.29, 0.717) is 11.3 Å². The lowest BCUT2D eigenvalue weighted by molar-refractivity contribution is -0.115. The fraction of sp³-hybridized carbons (Fsp3) is 0.0909. The van der Waals surface area contributed by atoms with Gasteiger partial charge in [-0.2, -0.15) is 12.5 Å². The topological polar surface area (TPSA) is 107 Å². The average molecular weight is 278 g/mol. The number of carbonyl (C=O) groups is 1. The van der Waals surface area contributed by atoms with E-state index in [1.54, 1.807) is 6.07 Å². The fourth-order valence-electron chi connectivity index (χ4n) is 1.93. The van der Waals surface area contributed by atoms with Crippen molar-refractivity contribution < 1.29 is 13.2 Å². The van der Waals surface area contributed by atoms with Crippen LogP contribution < -0.4 is 11.1 Å². The molecule has 0 atom stereocenters. The van der Waals surface area contributed by atoms with E-state index in [-0.39, 0.29) is 23.0 Å². The molecule has 8 heteroatoms. The number of fused-ring (bicyclic) bond motifs is 1. The summed E-state index contributed by atoms with van der Waals surface area (Å²) in [6.45, 7) is 0. The molecule has 0 radical (unpaired) electrons. The summed E-state index contributed by atoms with van der Waals surface area (Å²) in [7, 11) is -3.77. The first-order chi connectivity index (χ1) is 8.96. The average Bonchev–Trinajstić information content (AvgIpc) is 2.93. The Labute approximate surface area is 109 Å². The van der Waals surface area contributed by atoms with Crippen molar-refractivity contribution in [2.75, 3.05) is 11.1 Å². The summed E-state index contributed by atoms with van der Waals surface area (Å²) >= 11 is 0. The van der Waals surface area contributed by atoms with Gasteiger partial charge in [0.15, 0.2) is 0 Å². The van der Waals surface area contributed by atoms with Crippen molar-refractivity contribution in [1.29, 1.82) is 0 Å². The van der Waals surface area contributed by atoms with Gasteiger partial charge in [0.05, 0.1) is 11.3 Å². The quantitative estimate of drug-likeness (QED) is 0.815. The summed E-state index contributed by atoms with van der Waals surface area (Å²) < 4.78 is 25.3. The van der Waals surface area contributed by atoms with Crippen LogP contribution in [0, 0.1) is 0 Å². The van der Waals surface area contributed by atoms with Gasteiger partial charge in [-0.3, -0.25) is 4.79 Å². The molecule has 0 fully saturated rings. The number of anilines is 2. The minimum absolute atomic E-state index is 0.0749. The Balaban J connectivity index is 2.08. The van der Waals surface area contributed by atoms with Crippen LogP contribution in [-0.4, -0.2) is 23.5 Å². The van der Waals surface area contributed by atoms with Gasteiger partial charge in [0, 0.05) is 18.0 Å². The van der Waals surface area contributed by atoms with Crippen LogP contribution in [-0.2, 0) is 21.2 Å². The molecule has 7 nitrogen and oxygen atoms in total. The zero-order valence-electron chi connectivity index (χ0n) is 9.70. The van der Waals surface area contributed by atoms with Gasteiger partial charge in [-0.15, -0.1) is 5.10 Å². The second kappa shape index (κ2) is 3.82. The van der Waals surface area contributed by atoms with Gasteiger partial charge >= 0.3 is 0 Å². The Morgan fingerprint density at radius 3 is 2.79 bits per heavy atom. The molecule has 2 aromatic rings. The van der Waals surface area contributed by atoms with E-state index < -0.39 is 10.0 Å². The normalized spacial score (nSPS) is 14.2. The third kappa shape index (κ3) is 1.85. The first-order valence-electron chi connectivity index (χ1n) is 5.46. The summed E-state index contributed by atoms with van der Waals surface area (Å²) in [6.07, 6.45) is 1.46. The number of carbonyl (C=O) groups excluding carboxylic acids is 1. The highest BCUT2D eigenvalue weighted by molar-refractivity contribution is 7.89. The molecule has 0 bridgehead atoms. The third-order valence-electron chi connectivity index (χ3n) is 2.83. The first-order valence-corrected chi connectivity index (χ1v) is 6.90. The fourth-order valence-corrected chi connectivity index (χ4v) is 3.10. The molecule has 1 aliphatic heterocycles. The molecule has 0 spiro atoms. The van der Waals surface area contributed by atoms with Gasteiger partial charge in [-0.05, 0) is 23.8 Å². The molecular weight excluding hydrogens is 268 g/mol. The molecule has 1 aromatic carbocycles. The molecule has 1 aromatic heterocycles. The predicted molar refractivity (Wildman–Crippen MR) is 68.0 cm³/mol. The number of aromatic nitrogens is 2. The smallest absolute Gasteiger partial charge is 0.283 e. The molecule has 3 N–H and O–H groups in total. The van der Waals surface area contributed by atoms with Gasteiger partial charge in [-0.1, -0.05) is 0 Å². The second-order valence-electron chi connectivity index (χ2n) is 4.16. The molecule has 3 rings (SSSR count). The molecule has 19 heavy (non-hydrogen) atoms. The van der Waals surface area contributed by atoms with Crippen LogP contribution in [0.2, 0.25) is 0 Å². The van der Waals surface area contributed by atoms with E-state index >= 15 is 0 Å². The van der Waals surface area contributed by atoms with Gasteiger partial charge < -0.3 is 11.1 Å². The maximum Gasteiger partial charge on any atom is 0.283 e. The molecule has 1 aliphatic rings. The molecular formula is C11H10N4O3S. The number of nitrogen functional groups attached to an aromatic ring is 1. The lowest BCUT2D eigenvalue weighted by Gasteiger charge is -2.06. The Bertz CT molecular complexity index is 779. The maximum atomic E-state index is 12.3. The van der Waals surface area contributed by atoms with Crippen LogP contribution in [0.1, 0.15) is 5.56 Å². The number of rotatable bonds is 2. The van der Waals surface area contributed by atoms with Crippen LogP contribution >= 0.6 is 0 Å². The van der Waals surface area contributed by atoms with E-state index in [0.717, 1.165) is 4.09 Å². The summed E-state index contributed by atoms with van der Waals surface area (Å²) in [5, 5.41) is 6.33. The SMILES string of the molecule is Nc1ccn(S(=O)(=O)c2ccc3c(c2)CC(=O)N3)n1. The Morgan fingerprint density at radius 1 is 1.32 bits per heavy atom. The van der Waals surface area contributed by atoms with Crippen molar-refractivity contribution in [2.24, 2.45) is 0 Å². The molecule has 0 aliphatic carbocycles. The lowest BCUT2D eigenvalue weighted by atomic mass is 10.2. The van der Waals surface area contributed by atoms with Crippen LogP contribution in [0.15, 0.2) is 35.4 Å². The molecule has 2 heterocycles. The van der Waals surface area contributed by atoms with E-state index in [9.17, 15) is 13.2 Å². The zero-order valence-corrected chi connectivity index (χ0v) is 10.5. The van der Waals surface area contributed by atoms with E-state index in [1.165, 1.54) is 24.4 Å². The maximum absolute atomic E-state index is 12.3. The minimum atomic E-state index is -3.77. The number of amides is 1. The number of nitrogens with zero attached hydrogens (tertiary/aromatic N) is 2. The van der Waals surface area contributed by atoms with Crippen molar-refractivity contribution in [3.63, 3.8) is 0 Å². The zero-order chi connectivity index (χ0) is 13.6.